The second-order valence-electron chi connectivity index (χ2n) is 6.91. The number of nitrogens with zero attached hydrogens (tertiary/aromatic N) is 2. The molecule has 0 bridgehead atoms. The number of ether oxygens (including phenoxy) is 1. The van der Waals surface area contributed by atoms with Crippen LogP contribution in [-0.2, 0) is 11.3 Å². The van der Waals surface area contributed by atoms with E-state index in [1.54, 1.807) is 7.11 Å². The van der Waals surface area contributed by atoms with E-state index in [4.69, 9.17) is 4.74 Å². The summed E-state index contributed by atoms with van der Waals surface area (Å²) in [6.07, 6.45) is 0. The molecule has 0 fully saturated rings. The lowest BCUT2D eigenvalue weighted by Gasteiger charge is -2.23. The van der Waals surface area contributed by atoms with Gasteiger partial charge in [-0.2, -0.15) is 0 Å². The van der Waals surface area contributed by atoms with Gasteiger partial charge in [0.1, 0.15) is 5.75 Å². The molecule has 7 heteroatoms. The minimum Gasteiger partial charge on any atom is -0.496 e. The number of benzene rings is 1. The van der Waals surface area contributed by atoms with Crippen LogP contribution < -0.4 is 15.4 Å². The molecular weight excluding hydrogens is 443 g/mol. The third-order valence-corrected chi connectivity index (χ3v) is 3.64. The molecule has 2 N–H and O–H groups in total. The topological polar surface area (TPSA) is 66.0 Å². The summed E-state index contributed by atoms with van der Waals surface area (Å²) in [6, 6.07) is 7.95. The van der Waals surface area contributed by atoms with Gasteiger partial charge in [-0.3, -0.25) is 9.79 Å². The zero-order chi connectivity index (χ0) is 18.9. The van der Waals surface area contributed by atoms with E-state index < -0.39 is 0 Å². The molecule has 0 saturated carbocycles. The van der Waals surface area contributed by atoms with Gasteiger partial charge >= 0.3 is 0 Å². The first-order chi connectivity index (χ1) is 11.8. The lowest BCUT2D eigenvalue weighted by Crippen LogP contribution is -2.40. The molecule has 0 atom stereocenters. The van der Waals surface area contributed by atoms with Gasteiger partial charge in [-0.15, -0.1) is 24.0 Å². The van der Waals surface area contributed by atoms with E-state index in [1.807, 2.05) is 63.9 Å². The highest BCUT2D eigenvalue weighted by Gasteiger charge is 2.20. The van der Waals surface area contributed by atoms with E-state index in [0.717, 1.165) is 23.8 Å². The Kier molecular flexibility index (Phi) is 11.3. The highest BCUT2D eigenvalue weighted by Crippen LogP contribution is 2.18. The van der Waals surface area contributed by atoms with Crippen molar-refractivity contribution < 1.29 is 9.53 Å². The van der Waals surface area contributed by atoms with Crippen molar-refractivity contribution >= 4 is 35.8 Å². The summed E-state index contributed by atoms with van der Waals surface area (Å²) < 4.78 is 5.41. The third kappa shape index (κ3) is 8.25. The number of guanidine groups is 1. The lowest BCUT2D eigenvalue weighted by atomic mass is 9.96. The Morgan fingerprint density at radius 1 is 1.23 bits per heavy atom. The fraction of sp³-hybridized carbons (Fsp3) is 0.579. The molecular formula is C19H33IN4O2. The molecule has 148 valence electrons. The maximum Gasteiger partial charge on any atom is 0.225 e. The number of halogens is 1. The first-order valence-electron chi connectivity index (χ1n) is 8.69. The molecule has 0 spiro atoms. The first kappa shape index (κ1) is 24.5. The molecule has 0 aliphatic rings. The van der Waals surface area contributed by atoms with E-state index in [0.29, 0.717) is 19.6 Å². The molecule has 26 heavy (non-hydrogen) atoms. The molecule has 0 saturated heterocycles. The summed E-state index contributed by atoms with van der Waals surface area (Å²) >= 11 is 0. The molecule has 0 aliphatic heterocycles. The van der Waals surface area contributed by atoms with Crippen molar-refractivity contribution in [3.63, 3.8) is 0 Å². The number of hydrogen-bond donors (Lipinski definition) is 2. The standard InChI is InChI=1S/C19H32N4O2.HI/c1-7-20-18(22-13-12-21-17(24)19(2,3)4)23(5)14-15-10-8-9-11-16(15)25-6;/h8-11H,7,12-14H2,1-6H3,(H,20,22)(H,21,24);1H. The van der Waals surface area contributed by atoms with Crippen molar-refractivity contribution in [1.82, 2.24) is 15.5 Å². The molecule has 0 unspecified atom stereocenters. The van der Waals surface area contributed by atoms with Crippen LogP contribution in [0, 0.1) is 5.41 Å². The maximum absolute atomic E-state index is 11.9. The number of carbonyl (C=O) groups is 1. The Labute approximate surface area is 174 Å². The summed E-state index contributed by atoms with van der Waals surface area (Å²) in [4.78, 5) is 18.5. The number of rotatable bonds is 7. The molecule has 1 amide bonds. The summed E-state index contributed by atoms with van der Waals surface area (Å²) in [5.74, 6) is 1.70. The average Bonchev–Trinajstić information content (AvgIpc) is 2.56. The van der Waals surface area contributed by atoms with E-state index >= 15 is 0 Å². The van der Waals surface area contributed by atoms with Crippen LogP contribution in [0.3, 0.4) is 0 Å². The SMILES string of the molecule is CCNC(=NCCNC(=O)C(C)(C)C)N(C)Cc1ccccc1OC.I. The van der Waals surface area contributed by atoms with Crippen LogP contribution in [0.5, 0.6) is 5.75 Å². The predicted octanol–water partition coefficient (Wildman–Crippen LogP) is 2.87. The van der Waals surface area contributed by atoms with Gasteiger partial charge in [-0.05, 0) is 13.0 Å². The molecule has 0 aromatic heterocycles. The largest absolute Gasteiger partial charge is 0.496 e. The minimum absolute atomic E-state index is 0. The fourth-order valence-corrected chi connectivity index (χ4v) is 2.23. The smallest absolute Gasteiger partial charge is 0.225 e. The van der Waals surface area contributed by atoms with E-state index in [-0.39, 0.29) is 35.3 Å². The van der Waals surface area contributed by atoms with Crippen molar-refractivity contribution in [2.24, 2.45) is 10.4 Å². The van der Waals surface area contributed by atoms with Crippen LogP contribution in [0.4, 0.5) is 0 Å². The Morgan fingerprint density at radius 3 is 2.46 bits per heavy atom. The molecule has 1 rings (SSSR count). The normalized spacial score (nSPS) is 11.4. The maximum atomic E-state index is 11.9. The molecule has 0 heterocycles. The van der Waals surface area contributed by atoms with Gasteiger partial charge in [0.15, 0.2) is 5.96 Å². The van der Waals surface area contributed by atoms with Gasteiger partial charge < -0.3 is 20.3 Å². The molecule has 1 aromatic rings. The minimum atomic E-state index is -0.380. The number of amides is 1. The van der Waals surface area contributed by atoms with Gasteiger partial charge in [0.25, 0.3) is 0 Å². The van der Waals surface area contributed by atoms with Crippen LogP contribution in [-0.4, -0.2) is 50.6 Å². The second-order valence-corrected chi connectivity index (χ2v) is 6.91. The van der Waals surface area contributed by atoms with E-state index in [9.17, 15) is 4.79 Å². The van der Waals surface area contributed by atoms with Gasteiger partial charge in [0.2, 0.25) is 5.91 Å². The van der Waals surface area contributed by atoms with Crippen molar-refractivity contribution in [2.45, 2.75) is 34.2 Å². The molecule has 6 nitrogen and oxygen atoms in total. The Balaban J connectivity index is 0.00000625. The zero-order valence-electron chi connectivity index (χ0n) is 16.8. The highest BCUT2D eigenvalue weighted by atomic mass is 127. The quantitative estimate of drug-likeness (QED) is 0.275. The molecule has 0 aliphatic carbocycles. The number of para-hydroxylation sites is 1. The van der Waals surface area contributed by atoms with Gasteiger partial charge in [-0.1, -0.05) is 39.0 Å². The molecule has 0 radical (unpaired) electrons. The third-order valence-electron chi connectivity index (χ3n) is 3.64. The predicted molar refractivity (Wildman–Crippen MR) is 118 cm³/mol. The van der Waals surface area contributed by atoms with Crippen molar-refractivity contribution in [1.29, 1.82) is 0 Å². The first-order valence-corrected chi connectivity index (χ1v) is 8.69. The van der Waals surface area contributed by atoms with E-state index in [2.05, 4.69) is 15.6 Å². The lowest BCUT2D eigenvalue weighted by molar-refractivity contribution is -0.128. The van der Waals surface area contributed by atoms with Crippen LogP contribution in [0.15, 0.2) is 29.3 Å². The zero-order valence-corrected chi connectivity index (χ0v) is 19.1. The summed E-state index contributed by atoms with van der Waals surface area (Å²) in [5, 5.41) is 6.20. The van der Waals surface area contributed by atoms with Gasteiger partial charge in [-0.25, -0.2) is 0 Å². The van der Waals surface area contributed by atoms with Crippen LogP contribution in [0.25, 0.3) is 0 Å². The van der Waals surface area contributed by atoms with Crippen LogP contribution in [0.1, 0.15) is 33.3 Å². The highest BCUT2D eigenvalue weighted by molar-refractivity contribution is 14.0. The number of methoxy groups -OCH3 is 1. The van der Waals surface area contributed by atoms with E-state index in [1.165, 1.54) is 0 Å². The van der Waals surface area contributed by atoms with Crippen molar-refractivity contribution in [3.8, 4) is 5.75 Å². The van der Waals surface area contributed by atoms with Crippen molar-refractivity contribution in [3.05, 3.63) is 29.8 Å². The van der Waals surface area contributed by atoms with Crippen LogP contribution >= 0.6 is 24.0 Å². The second kappa shape index (κ2) is 12.0. The average molecular weight is 476 g/mol. The summed E-state index contributed by atoms with van der Waals surface area (Å²) in [7, 11) is 3.66. The van der Waals surface area contributed by atoms with Gasteiger partial charge in [0, 0.05) is 37.7 Å². The Hall–Kier alpha value is -1.51. The number of hydrogen-bond acceptors (Lipinski definition) is 3. The Morgan fingerprint density at radius 2 is 1.88 bits per heavy atom. The van der Waals surface area contributed by atoms with Gasteiger partial charge in [0.05, 0.1) is 13.7 Å². The summed E-state index contributed by atoms with van der Waals surface area (Å²) in [5.41, 5.74) is 0.716. The fourth-order valence-electron chi connectivity index (χ4n) is 2.23. The van der Waals surface area contributed by atoms with Crippen molar-refractivity contribution in [2.75, 3.05) is 33.8 Å². The summed E-state index contributed by atoms with van der Waals surface area (Å²) in [6.45, 7) is 10.2. The number of aliphatic imine (C=N–C) groups is 1. The molecule has 1 aromatic carbocycles. The Bertz CT molecular complexity index is 585. The van der Waals surface area contributed by atoms with Crippen LogP contribution in [0.2, 0.25) is 0 Å². The monoisotopic (exact) mass is 476 g/mol. The number of carbonyl (C=O) groups excluding carboxylic acids is 1. The number of nitrogens with one attached hydrogen (secondary N) is 2.